The molecule has 3 aromatic carbocycles. The van der Waals surface area contributed by atoms with E-state index < -0.39 is 11.6 Å². The molecule has 3 N–H and O–H groups in total. The van der Waals surface area contributed by atoms with Crippen LogP contribution in [0.2, 0.25) is 0 Å². The minimum Gasteiger partial charge on any atom is -0.507 e. The van der Waals surface area contributed by atoms with Crippen molar-refractivity contribution in [1.82, 2.24) is 0 Å². The molecular formula is C24H21NO4. The molecule has 0 heterocycles. The number of phenolic OH excluding ortho intramolecular Hbond substituents is 2. The van der Waals surface area contributed by atoms with Crippen LogP contribution < -0.4 is 5.32 Å². The highest BCUT2D eigenvalue weighted by Gasteiger charge is 2.35. The second-order valence-corrected chi connectivity index (χ2v) is 7.17. The second-order valence-electron chi connectivity index (χ2n) is 7.17. The van der Waals surface area contributed by atoms with Crippen LogP contribution in [0.5, 0.6) is 11.5 Å². The predicted molar refractivity (Wildman–Crippen MR) is 111 cm³/mol. The van der Waals surface area contributed by atoms with E-state index in [0.717, 1.165) is 24.9 Å². The van der Waals surface area contributed by atoms with Gasteiger partial charge in [-0.3, -0.25) is 9.59 Å². The number of aryl methyl sites for hydroxylation is 1. The molecule has 0 atom stereocenters. The van der Waals surface area contributed by atoms with Crippen molar-refractivity contribution in [2.24, 2.45) is 0 Å². The monoisotopic (exact) mass is 387 g/mol. The Morgan fingerprint density at radius 2 is 1.45 bits per heavy atom. The zero-order valence-electron chi connectivity index (χ0n) is 16.0. The van der Waals surface area contributed by atoms with E-state index in [1.807, 2.05) is 24.3 Å². The number of carbonyl (C=O) groups is 2. The topological polar surface area (TPSA) is 86.6 Å². The number of benzene rings is 3. The Morgan fingerprint density at radius 1 is 0.793 bits per heavy atom. The van der Waals surface area contributed by atoms with Gasteiger partial charge in [-0.25, -0.2) is 0 Å². The zero-order valence-corrected chi connectivity index (χ0v) is 16.0. The van der Waals surface area contributed by atoms with Gasteiger partial charge in [0, 0.05) is 11.3 Å². The van der Waals surface area contributed by atoms with Crippen molar-refractivity contribution in [3.63, 3.8) is 0 Å². The van der Waals surface area contributed by atoms with Gasteiger partial charge in [-0.15, -0.1) is 0 Å². The smallest absolute Gasteiger partial charge is 0.200 e. The molecule has 0 unspecified atom stereocenters. The van der Waals surface area contributed by atoms with Crippen molar-refractivity contribution in [3.8, 4) is 11.5 Å². The predicted octanol–water partition coefficient (Wildman–Crippen LogP) is 4.96. The summed E-state index contributed by atoms with van der Waals surface area (Å²) in [5.74, 6) is -1.62. The number of fused-ring (bicyclic) bond motifs is 2. The number of aromatic hydroxyl groups is 2. The third-order valence-corrected chi connectivity index (χ3v) is 5.20. The molecule has 5 nitrogen and oxygen atoms in total. The fourth-order valence-electron chi connectivity index (χ4n) is 3.68. The van der Waals surface area contributed by atoms with E-state index in [4.69, 9.17) is 0 Å². The van der Waals surface area contributed by atoms with Gasteiger partial charge in [0.25, 0.3) is 0 Å². The van der Waals surface area contributed by atoms with Crippen molar-refractivity contribution in [2.45, 2.75) is 26.2 Å². The molecule has 1 aliphatic rings. The number of nitrogens with one attached hydrogen (secondary N) is 1. The van der Waals surface area contributed by atoms with Gasteiger partial charge in [0.15, 0.2) is 11.6 Å². The molecule has 1 aliphatic carbocycles. The summed E-state index contributed by atoms with van der Waals surface area (Å²) in [6.07, 6.45) is 3.28. The SMILES string of the molecule is CCCCc1ccc(Nc2cccc3c2C(=O)c2c(O)ccc(O)c2C3=O)cc1. The summed E-state index contributed by atoms with van der Waals surface area (Å²) in [6, 6.07) is 15.4. The summed E-state index contributed by atoms with van der Waals surface area (Å²) in [4.78, 5) is 26.1. The van der Waals surface area contributed by atoms with Gasteiger partial charge in [-0.05, 0) is 48.7 Å². The summed E-state index contributed by atoms with van der Waals surface area (Å²) in [5, 5.41) is 23.5. The molecule has 0 saturated heterocycles. The summed E-state index contributed by atoms with van der Waals surface area (Å²) >= 11 is 0. The third kappa shape index (κ3) is 3.25. The maximum absolute atomic E-state index is 13.1. The van der Waals surface area contributed by atoms with E-state index in [9.17, 15) is 19.8 Å². The lowest BCUT2D eigenvalue weighted by molar-refractivity contribution is 0.0974. The van der Waals surface area contributed by atoms with Crippen LogP contribution in [0, 0.1) is 0 Å². The van der Waals surface area contributed by atoms with Gasteiger partial charge < -0.3 is 15.5 Å². The molecule has 0 radical (unpaired) electrons. The summed E-state index contributed by atoms with van der Waals surface area (Å²) in [6.45, 7) is 2.16. The summed E-state index contributed by atoms with van der Waals surface area (Å²) in [5.41, 5.74) is 2.61. The van der Waals surface area contributed by atoms with Crippen LogP contribution in [-0.2, 0) is 6.42 Å². The number of carbonyl (C=O) groups excluding carboxylic acids is 2. The maximum atomic E-state index is 13.1. The minimum absolute atomic E-state index is 0.153. The molecule has 3 aromatic rings. The Morgan fingerprint density at radius 3 is 2.10 bits per heavy atom. The summed E-state index contributed by atoms with van der Waals surface area (Å²) < 4.78 is 0. The quantitative estimate of drug-likeness (QED) is 0.421. The number of ketones is 2. The highest BCUT2D eigenvalue weighted by atomic mass is 16.3. The Hall–Kier alpha value is -3.60. The second kappa shape index (κ2) is 7.43. The van der Waals surface area contributed by atoms with E-state index in [0.29, 0.717) is 5.69 Å². The van der Waals surface area contributed by atoms with Crippen LogP contribution >= 0.6 is 0 Å². The van der Waals surface area contributed by atoms with Crippen LogP contribution in [-0.4, -0.2) is 21.8 Å². The fraction of sp³-hybridized carbons (Fsp3) is 0.167. The number of rotatable bonds is 5. The number of phenols is 2. The first-order chi connectivity index (χ1) is 14.0. The van der Waals surface area contributed by atoms with E-state index in [-0.39, 0.29) is 33.8 Å². The molecular weight excluding hydrogens is 366 g/mol. The maximum Gasteiger partial charge on any atom is 0.200 e. The van der Waals surface area contributed by atoms with Crippen LogP contribution in [0.1, 0.15) is 57.2 Å². The van der Waals surface area contributed by atoms with Gasteiger partial charge in [0.05, 0.1) is 22.4 Å². The molecule has 0 fully saturated rings. The highest BCUT2D eigenvalue weighted by Crippen LogP contribution is 2.40. The molecule has 0 amide bonds. The lowest BCUT2D eigenvalue weighted by atomic mass is 9.82. The van der Waals surface area contributed by atoms with Gasteiger partial charge in [-0.1, -0.05) is 37.6 Å². The molecule has 0 aliphatic heterocycles. The Bertz CT molecular complexity index is 1120. The van der Waals surface area contributed by atoms with Crippen LogP contribution in [0.3, 0.4) is 0 Å². The number of unbranched alkanes of at least 4 members (excludes halogenated alkanes) is 1. The normalized spacial score (nSPS) is 12.4. The van der Waals surface area contributed by atoms with E-state index >= 15 is 0 Å². The number of hydrogen-bond acceptors (Lipinski definition) is 5. The van der Waals surface area contributed by atoms with Gasteiger partial charge >= 0.3 is 0 Å². The van der Waals surface area contributed by atoms with Crippen molar-refractivity contribution < 1.29 is 19.8 Å². The van der Waals surface area contributed by atoms with E-state index in [1.165, 1.54) is 17.7 Å². The third-order valence-electron chi connectivity index (χ3n) is 5.20. The van der Waals surface area contributed by atoms with Crippen molar-refractivity contribution >= 4 is 22.9 Å². The first kappa shape index (κ1) is 18.7. The fourth-order valence-corrected chi connectivity index (χ4v) is 3.68. The van der Waals surface area contributed by atoms with E-state index in [2.05, 4.69) is 12.2 Å². The molecule has 0 bridgehead atoms. The molecule has 4 rings (SSSR count). The Labute approximate surface area is 168 Å². The van der Waals surface area contributed by atoms with Crippen LogP contribution in [0.4, 0.5) is 11.4 Å². The first-order valence-electron chi connectivity index (χ1n) is 9.64. The van der Waals surface area contributed by atoms with Gasteiger partial charge in [0.1, 0.15) is 11.5 Å². The molecule has 146 valence electrons. The highest BCUT2D eigenvalue weighted by molar-refractivity contribution is 6.32. The number of anilines is 2. The molecule has 0 aromatic heterocycles. The van der Waals surface area contributed by atoms with Crippen molar-refractivity contribution in [2.75, 3.05) is 5.32 Å². The van der Waals surface area contributed by atoms with Crippen molar-refractivity contribution in [3.05, 3.63) is 82.4 Å². The molecule has 5 heteroatoms. The molecule has 29 heavy (non-hydrogen) atoms. The molecule has 0 spiro atoms. The minimum atomic E-state index is -0.495. The number of hydrogen-bond donors (Lipinski definition) is 3. The summed E-state index contributed by atoms with van der Waals surface area (Å²) in [7, 11) is 0. The average Bonchev–Trinajstić information content (AvgIpc) is 2.73. The van der Waals surface area contributed by atoms with Crippen molar-refractivity contribution in [1.29, 1.82) is 0 Å². The van der Waals surface area contributed by atoms with Gasteiger partial charge in [-0.2, -0.15) is 0 Å². The zero-order chi connectivity index (χ0) is 20.5. The lowest BCUT2D eigenvalue weighted by Crippen LogP contribution is -2.22. The molecule has 0 saturated carbocycles. The first-order valence-corrected chi connectivity index (χ1v) is 9.64. The Balaban J connectivity index is 1.73. The van der Waals surface area contributed by atoms with Crippen LogP contribution in [0.15, 0.2) is 54.6 Å². The lowest BCUT2D eigenvalue weighted by Gasteiger charge is -2.22. The van der Waals surface area contributed by atoms with Crippen LogP contribution in [0.25, 0.3) is 0 Å². The largest absolute Gasteiger partial charge is 0.507 e. The average molecular weight is 387 g/mol. The Kier molecular flexibility index (Phi) is 4.80. The van der Waals surface area contributed by atoms with E-state index in [1.54, 1.807) is 18.2 Å². The standard InChI is InChI=1S/C24H21NO4/c1-2-3-5-14-8-10-15(11-9-14)25-17-7-4-6-16-20(17)24(29)22-19(27)13-12-18(26)21(22)23(16)28/h4,6-13,25-27H,2-3,5H2,1H3. The van der Waals surface area contributed by atoms with Gasteiger partial charge in [0.2, 0.25) is 0 Å².